The van der Waals surface area contributed by atoms with Crippen LogP contribution in [0.2, 0.25) is 0 Å². The van der Waals surface area contributed by atoms with Gasteiger partial charge in [-0.1, -0.05) is 13.8 Å². The summed E-state index contributed by atoms with van der Waals surface area (Å²) in [5.41, 5.74) is 0.471. The quantitative estimate of drug-likeness (QED) is 0.847. The fraction of sp³-hybridized carbons (Fsp3) is 0.600. The molecule has 0 aliphatic heterocycles. The highest BCUT2D eigenvalue weighted by Crippen LogP contribution is 2.45. The Morgan fingerprint density at radius 3 is 2.70 bits per heavy atom. The molecule has 0 amide bonds. The lowest BCUT2D eigenvalue weighted by Crippen LogP contribution is -2.14. The molecule has 0 bridgehead atoms. The number of hydrogen-bond donors (Lipinski definition) is 2. The highest BCUT2D eigenvalue weighted by atomic mass is 32.1. The molecule has 0 spiro atoms. The van der Waals surface area contributed by atoms with Gasteiger partial charge in [0.2, 0.25) is 5.95 Å². The molecule has 1 aliphatic carbocycles. The number of thiophene rings is 1. The number of aryl methyl sites for hydroxylation is 1. The molecule has 2 aromatic rings. The second kappa shape index (κ2) is 5.20. The summed E-state index contributed by atoms with van der Waals surface area (Å²) < 4.78 is 0. The monoisotopic (exact) mass is 290 g/mol. The maximum atomic E-state index is 4.64. The molecule has 4 nitrogen and oxygen atoms in total. The first-order chi connectivity index (χ1) is 9.63. The predicted molar refractivity (Wildman–Crippen MR) is 86.8 cm³/mol. The molecule has 2 N–H and O–H groups in total. The van der Waals surface area contributed by atoms with Gasteiger partial charge in [-0.2, -0.15) is 4.98 Å². The third-order valence-corrected chi connectivity index (χ3v) is 5.09. The third kappa shape index (κ3) is 2.73. The number of nitrogens with zero attached hydrogens (tertiary/aromatic N) is 2. The molecule has 1 fully saturated rings. The lowest BCUT2D eigenvalue weighted by atomic mass is 10.1. The van der Waals surface area contributed by atoms with Crippen LogP contribution in [0.1, 0.15) is 38.5 Å². The molecule has 0 saturated heterocycles. The second-order valence-corrected chi connectivity index (χ2v) is 6.99. The fourth-order valence-electron chi connectivity index (χ4n) is 2.20. The molecule has 20 heavy (non-hydrogen) atoms. The Kier molecular flexibility index (Phi) is 3.54. The molecule has 2 heterocycles. The highest BCUT2D eigenvalue weighted by molar-refractivity contribution is 7.18. The molecule has 0 unspecified atom stereocenters. The molecule has 3 rings (SSSR count). The van der Waals surface area contributed by atoms with Gasteiger partial charge < -0.3 is 10.6 Å². The van der Waals surface area contributed by atoms with E-state index in [2.05, 4.69) is 47.4 Å². The van der Waals surface area contributed by atoms with Gasteiger partial charge in [0.15, 0.2) is 0 Å². The van der Waals surface area contributed by atoms with Gasteiger partial charge >= 0.3 is 0 Å². The Labute approximate surface area is 124 Å². The molecule has 0 atom stereocenters. The summed E-state index contributed by atoms with van der Waals surface area (Å²) in [7, 11) is 0. The molecular formula is C15H22N4S. The normalized spacial score (nSPS) is 16.4. The minimum absolute atomic E-state index is 0.471. The van der Waals surface area contributed by atoms with E-state index >= 15 is 0 Å². The number of anilines is 2. The van der Waals surface area contributed by atoms with Crippen molar-refractivity contribution in [2.45, 2.75) is 40.0 Å². The van der Waals surface area contributed by atoms with E-state index in [9.17, 15) is 0 Å². The summed E-state index contributed by atoms with van der Waals surface area (Å²) in [5.74, 6) is 1.71. The Morgan fingerprint density at radius 1 is 1.25 bits per heavy atom. The summed E-state index contributed by atoms with van der Waals surface area (Å²) in [6, 6.07) is 2.23. The maximum absolute atomic E-state index is 4.64. The summed E-state index contributed by atoms with van der Waals surface area (Å²) in [5, 5.41) is 7.93. The van der Waals surface area contributed by atoms with E-state index in [1.807, 2.05) is 0 Å². The van der Waals surface area contributed by atoms with Crippen molar-refractivity contribution >= 4 is 33.3 Å². The van der Waals surface area contributed by atoms with Gasteiger partial charge in [-0.3, -0.25) is 0 Å². The topological polar surface area (TPSA) is 49.8 Å². The van der Waals surface area contributed by atoms with Crippen molar-refractivity contribution in [2.24, 2.45) is 5.41 Å². The van der Waals surface area contributed by atoms with E-state index in [0.29, 0.717) is 5.41 Å². The van der Waals surface area contributed by atoms with Crippen LogP contribution in [0.5, 0.6) is 0 Å². The smallest absolute Gasteiger partial charge is 0.226 e. The van der Waals surface area contributed by atoms with E-state index in [-0.39, 0.29) is 0 Å². The van der Waals surface area contributed by atoms with Crippen LogP contribution in [0.15, 0.2) is 6.07 Å². The maximum Gasteiger partial charge on any atom is 0.226 e. The summed E-state index contributed by atoms with van der Waals surface area (Å²) in [4.78, 5) is 11.7. The van der Waals surface area contributed by atoms with Crippen molar-refractivity contribution < 1.29 is 0 Å². The lowest BCUT2D eigenvalue weighted by Gasteiger charge is -2.12. The summed E-state index contributed by atoms with van der Waals surface area (Å²) in [6.45, 7) is 8.42. The van der Waals surface area contributed by atoms with Crippen molar-refractivity contribution in [3.05, 3.63) is 10.9 Å². The molecular weight excluding hydrogens is 268 g/mol. The molecule has 108 valence electrons. The average Bonchev–Trinajstić information content (AvgIpc) is 3.02. The molecule has 0 aromatic carbocycles. The molecule has 2 aromatic heterocycles. The zero-order chi connectivity index (χ0) is 14.2. The van der Waals surface area contributed by atoms with Crippen molar-refractivity contribution in [1.82, 2.24) is 9.97 Å². The van der Waals surface area contributed by atoms with Crippen molar-refractivity contribution in [3.8, 4) is 0 Å². The minimum Gasteiger partial charge on any atom is -0.369 e. The van der Waals surface area contributed by atoms with Crippen LogP contribution in [-0.2, 0) is 6.42 Å². The van der Waals surface area contributed by atoms with Gasteiger partial charge in [-0.05, 0) is 37.7 Å². The van der Waals surface area contributed by atoms with E-state index in [1.54, 1.807) is 11.3 Å². The molecule has 5 heteroatoms. The van der Waals surface area contributed by atoms with Gasteiger partial charge in [0.05, 0.1) is 5.39 Å². The van der Waals surface area contributed by atoms with Gasteiger partial charge in [-0.25, -0.2) is 4.98 Å². The molecule has 0 radical (unpaired) electrons. The zero-order valence-corrected chi connectivity index (χ0v) is 13.2. The summed E-state index contributed by atoms with van der Waals surface area (Å²) in [6.07, 6.45) is 3.69. The van der Waals surface area contributed by atoms with Crippen LogP contribution in [-0.4, -0.2) is 23.1 Å². The van der Waals surface area contributed by atoms with Gasteiger partial charge in [0.25, 0.3) is 0 Å². The Hall–Kier alpha value is -1.36. The average molecular weight is 290 g/mol. The Morgan fingerprint density at radius 2 is 2.05 bits per heavy atom. The van der Waals surface area contributed by atoms with Crippen LogP contribution >= 0.6 is 11.3 Å². The highest BCUT2D eigenvalue weighted by Gasteiger charge is 2.37. The van der Waals surface area contributed by atoms with Crippen LogP contribution in [0.3, 0.4) is 0 Å². The number of hydrogen-bond acceptors (Lipinski definition) is 5. The number of rotatable bonds is 6. The first-order valence-electron chi connectivity index (χ1n) is 7.42. The van der Waals surface area contributed by atoms with E-state index in [4.69, 9.17) is 0 Å². The molecule has 1 saturated carbocycles. The van der Waals surface area contributed by atoms with Crippen molar-refractivity contribution in [1.29, 1.82) is 0 Å². The van der Waals surface area contributed by atoms with Crippen molar-refractivity contribution in [3.63, 3.8) is 0 Å². The van der Waals surface area contributed by atoms with E-state index in [1.165, 1.54) is 17.7 Å². The summed E-state index contributed by atoms with van der Waals surface area (Å²) >= 11 is 1.77. The van der Waals surface area contributed by atoms with Gasteiger partial charge in [0, 0.05) is 18.0 Å². The first kappa shape index (κ1) is 13.6. The third-order valence-electron chi connectivity index (χ3n) is 3.91. The largest absolute Gasteiger partial charge is 0.369 e. The van der Waals surface area contributed by atoms with Crippen molar-refractivity contribution in [2.75, 3.05) is 23.7 Å². The van der Waals surface area contributed by atoms with Gasteiger partial charge in [-0.15, -0.1) is 11.3 Å². The molecule has 1 aliphatic rings. The van der Waals surface area contributed by atoms with Crippen LogP contribution < -0.4 is 10.6 Å². The number of fused-ring (bicyclic) bond motifs is 1. The number of nitrogens with one attached hydrogen (secondary N) is 2. The lowest BCUT2D eigenvalue weighted by molar-refractivity contribution is 0.610. The van der Waals surface area contributed by atoms with Crippen LogP contribution in [0.4, 0.5) is 11.8 Å². The Bertz CT molecular complexity index is 616. The fourth-order valence-corrected chi connectivity index (χ4v) is 3.17. The predicted octanol–water partition coefficient (Wildman–Crippen LogP) is 3.90. The standard InChI is InChI=1S/C15H22N4S/c1-4-10-8-11-12(17-9-15(3)6-7-15)18-14(16-5-2)19-13(11)20-10/h8H,4-7,9H2,1-3H3,(H2,16,17,18,19). The second-order valence-electron chi connectivity index (χ2n) is 5.88. The van der Waals surface area contributed by atoms with Gasteiger partial charge in [0.1, 0.15) is 10.6 Å². The zero-order valence-electron chi connectivity index (χ0n) is 12.4. The SMILES string of the molecule is CCNc1nc(NCC2(C)CC2)c2cc(CC)sc2n1. The van der Waals surface area contributed by atoms with Crippen LogP contribution in [0.25, 0.3) is 10.2 Å². The van der Waals surface area contributed by atoms with Crippen LogP contribution in [0, 0.1) is 5.41 Å². The Balaban J connectivity index is 1.94. The minimum atomic E-state index is 0.471. The van der Waals surface area contributed by atoms with E-state index in [0.717, 1.165) is 41.5 Å². The van der Waals surface area contributed by atoms with E-state index < -0.39 is 0 Å². The first-order valence-corrected chi connectivity index (χ1v) is 8.23. The number of aromatic nitrogens is 2.